The van der Waals surface area contributed by atoms with Crippen LogP contribution in [0.25, 0.3) is 0 Å². The molecule has 0 aromatic carbocycles. The number of hydrogen-bond donors (Lipinski definition) is 0. The van der Waals surface area contributed by atoms with Crippen LogP contribution in [0.5, 0.6) is 0 Å². The highest BCUT2D eigenvalue weighted by Crippen LogP contribution is 2.21. The Kier molecular flexibility index (Phi) is 10.9. The monoisotopic (exact) mass is 246 g/mol. The molecule has 0 unspecified atom stereocenters. The van der Waals surface area contributed by atoms with E-state index < -0.39 is 0 Å². The summed E-state index contributed by atoms with van der Waals surface area (Å²) in [5.74, 6) is 0. The number of rotatable bonds is 12. The van der Waals surface area contributed by atoms with Crippen molar-refractivity contribution in [2.24, 2.45) is 0 Å². The molecule has 0 spiro atoms. The van der Waals surface area contributed by atoms with E-state index in [9.17, 15) is 0 Å². The first-order chi connectivity index (χ1) is 8.24. The van der Waals surface area contributed by atoms with E-state index in [2.05, 4.69) is 27.7 Å². The molecule has 17 heavy (non-hydrogen) atoms. The van der Waals surface area contributed by atoms with E-state index in [0.29, 0.717) is 19.8 Å². The molecule has 0 aliphatic rings. The van der Waals surface area contributed by atoms with E-state index in [1.165, 1.54) is 0 Å². The lowest BCUT2D eigenvalue weighted by Crippen LogP contribution is -2.37. The van der Waals surface area contributed by atoms with Crippen molar-refractivity contribution in [3.8, 4) is 0 Å². The molecular weight excluding hydrogens is 216 g/mol. The molecule has 0 heterocycles. The molecule has 3 heteroatoms. The second-order valence-electron chi connectivity index (χ2n) is 4.40. The molecule has 0 saturated heterocycles. The Morgan fingerprint density at radius 1 is 0.706 bits per heavy atom. The van der Waals surface area contributed by atoms with E-state index in [-0.39, 0.29) is 5.60 Å². The van der Waals surface area contributed by atoms with Gasteiger partial charge in [-0.05, 0) is 25.7 Å². The van der Waals surface area contributed by atoms with Crippen LogP contribution in [-0.2, 0) is 14.2 Å². The highest BCUT2D eigenvalue weighted by atomic mass is 16.6. The zero-order chi connectivity index (χ0) is 13.0. The van der Waals surface area contributed by atoms with Gasteiger partial charge in [0.1, 0.15) is 0 Å². The summed E-state index contributed by atoms with van der Waals surface area (Å²) in [5.41, 5.74) is -0.0965. The van der Waals surface area contributed by atoms with Crippen LogP contribution in [0.4, 0.5) is 0 Å². The summed E-state index contributed by atoms with van der Waals surface area (Å²) in [5, 5.41) is 0. The van der Waals surface area contributed by atoms with Crippen molar-refractivity contribution >= 4 is 0 Å². The maximum Gasteiger partial charge on any atom is 0.0909 e. The lowest BCUT2D eigenvalue weighted by atomic mass is 9.98. The Morgan fingerprint density at radius 2 is 1.29 bits per heavy atom. The van der Waals surface area contributed by atoms with Gasteiger partial charge in [-0.3, -0.25) is 0 Å². The van der Waals surface area contributed by atoms with Gasteiger partial charge in [0.05, 0.1) is 25.4 Å². The van der Waals surface area contributed by atoms with Gasteiger partial charge in [-0.25, -0.2) is 0 Å². The molecule has 3 nitrogen and oxygen atoms in total. The van der Waals surface area contributed by atoms with Crippen LogP contribution in [0.15, 0.2) is 0 Å². The van der Waals surface area contributed by atoms with Crippen molar-refractivity contribution in [2.75, 3.05) is 33.0 Å². The van der Waals surface area contributed by atoms with E-state index in [0.717, 1.165) is 38.9 Å². The summed E-state index contributed by atoms with van der Waals surface area (Å²) in [4.78, 5) is 0. The average molecular weight is 246 g/mol. The highest BCUT2D eigenvalue weighted by Gasteiger charge is 2.26. The van der Waals surface area contributed by atoms with Crippen LogP contribution >= 0.6 is 0 Å². The summed E-state index contributed by atoms with van der Waals surface area (Å²) < 4.78 is 17.0. The largest absolute Gasteiger partial charge is 0.379 e. The molecule has 0 amide bonds. The summed E-state index contributed by atoms with van der Waals surface area (Å²) >= 11 is 0. The van der Waals surface area contributed by atoms with E-state index in [1.54, 1.807) is 0 Å². The van der Waals surface area contributed by atoms with Crippen molar-refractivity contribution in [1.29, 1.82) is 0 Å². The first kappa shape index (κ1) is 16.9. The summed E-state index contributed by atoms with van der Waals surface area (Å²) in [6, 6.07) is 0. The Hall–Kier alpha value is -0.120. The topological polar surface area (TPSA) is 27.7 Å². The minimum atomic E-state index is -0.0965. The van der Waals surface area contributed by atoms with Crippen molar-refractivity contribution in [2.45, 2.75) is 59.0 Å². The standard InChI is InChI=1S/C14H30O3/c1-5-9-15-11-12-16-13-14(7-3,8-4)17-10-6-2/h5-13H2,1-4H3. The fraction of sp³-hybridized carbons (Fsp3) is 1.00. The maximum atomic E-state index is 5.94. The molecule has 0 N–H and O–H groups in total. The van der Waals surface area contributed by atoms with Gasteiger partial charge in [0, 0.05) is 13.2 Å². The summed E-state index contributed by atoms with van der Waals surface area (Å²) in [6.07, 6.45) is 4.12. The van der Waals surface area contributed by atoms with Gasteiger partial charge in [-0.15, -0.1) is 0 Å². The number of hydrogen-bond acceptors (Lipinski definition) is 3. The third-order valence-electron chi connectivity index (χ3n) is 2.99. The molecule has 0 fully saturated rings. The van der Waals surface area contributed by atoms with E-state index in [4.69, 9.17) is 14.2 Å². The molecule has 0 saturated carbocycles. The second-order valence-corrected chi connectivity index (χ2v) is 4.40. The molecule has 0 bridgehead atoms. The molecule has 0 atom stereocenters. The predicted molar refractivity (Wildman–Crippen MR) is 71.5 cm³/mol. The van der Waals surface area contributed by atoms with Crippen LogP contribution in [0.1, 0.15) is 53.4 Å². The van der Waals surface area contributed by atoms with Gasteiger partial charge in [-0.1, -0.05) is 27.7 Å². The Labute approximate surface area is 107 Å². The Bertz CT molecular complexity index is 156. The van der Waals surface area contributed by atoms with Crippen molar-refractivity contribution in [3.63, 3.8) is 0 Å². The fourth-order valence-electron chi connectivity index (χ4n) is 1.64. The normalized spacial score (nSPS) is 12.0. The summed E-state index contributed by atoms with van der Waals surface area (Å²) in [6.45, 7) is 12.2. The molecule has 0 rings (SSSR count). The van der Waals surface area contributed by atoms with Crippen molar-refractivity contribution in [3.05, 3.63) is 0 Å². The molecule has 0 aliphatic heterocycles. The van der Waals surface area contributed by atoms with Crippen molar-refractivity contribution in [1.82, 2.24) is 0 Å². The van der Waals surface area contributed by atoms with Gasteiger partial charge < -0.3 is 14.2 Å². The number of ether oxygens (including phenoxy) is 3. The lowest BCUT2D eigenvalue weighted by Gasteiger charge is -2.31. The Balaban J connectivity index is 3.75. The molecular formula is C14H30O3. The quantitative estimate of drug-likeness (QED) is 0.494. The molecule has 104 valence electrons. The highest BCUT2D eigenvalue weighted by molar-refractivity contribution is 4.77. The Morgan fingerprint density at radius 3 is 1.82 bits per heavy atom. The van der Waals surface area contributed by atoms with Gasteiger partial charge >= 0.3 is 0 Å². The summed E-state index contributed by atoms with van der Waals surface area (Å²) in [7, 11) is 0. The van der Waals surface area contributed by atoms with Gasteiger partial charge in [-0.2, -0.15) is 0 Å². The SMILES string of the molecule is CCCOCCOCC(CC)(CC)OCCC. The van der Waals surface area contributed by atoms with Crippen molar-refractivity contribution < 1.29 is 14.2 Å². The van der Waals surface area contributed by atoms with E-state index in [1.807, 2.05) is 0 Å². The van der Waals surface area contributed by atoms with Gasteiger partial charge in [0.2, 0.25) is 0 Å². The smallest absolute Gasteiger partial charge is 0.0909 e. The molecule has 0 aromatic heterocycles. The zero-order valence-electron chi connectivity index (χ0n) is 12.1. The fourth-order valence-corrected chi connectivity index (χ4v) is 1.64. The van der Waals surface area contributed by atoms with Crippen LogP contribution < -0.4 is 0 Å². The van der Waals surface area contributed by atoms with Crippen LogP contribution in [0, 0.1) is 0 Å². The second kappa shape index (κ2) is 11.0. The first-order valence-electron chi connectivity index (χ1n) is 7.04. The lowest BCUT2D eigenvalue weighted by molar-refractivity contribution is -0.107. The molecule has 0 aliphatic carbocycles. The molecule has 0 radical (unpaired) electrons. The van der Waals surface area contributed by atoms with E-state index >= 15 is 0 Å². The maximum absolute atomic E-state index is 5.94. The molecule has 0 aromatic rings. The van der Waals surface area contributed by atoms with Crippen LogP contribution in [0.3, 0.4) is 0 Å². The average Bonchev–Trinajstić information content (AvgIpc) is 2.38. The van der Waals surface area contributed by atoms with Gasteiger partial charge in [0.25, 0.3) is 0 Å². The van der Waals surface area contributed by atoms with Crippen LogP contribution in [0.2, 0.25) is 0 Å². The third kappa shape index (κ3) is 7.74. The van der Waals surface area contributed by atoms with Gasteiger partial charge in [0.15, 0.2) is 0 Å². The minimum Gasteiger partial charge on any atom is -0.379 e. The predicted octanol–water partition coefficient (Wildman–Crippen LogP) is 3.42. The first-order valence-corrected chi connectivity index (χ1v) is 7.04. The third-order valence-corrected chi connectivity index (χ3v) is 2.99. The minimum absolute atomic E-state index is 0.0965. The zero-order valence-corrected chi connectivity index (χ0v) is 12.1. The van der Waals surface area contributed by atoms with Crippen LogP contribution in [-0.4, -0.2) is 38.6 Å².